The van der Waals surface area contributed by atoms with Crippen LogP contribution in [-0.4, -0.2) is 154 Å². The van der Waals surface area contributed by atoms with E-state index in [-0.39, 0.29) is 42.7 Å². The molecule has 2 aromatic carbocycles. The summed E-state index contributed by atoms with van der Waals surface area (Å²) in [5.41, 5.74) is 1.69. The number of carbonyl (C=O) groups excluding carboxylic acids is 5. The van der Waals surface area contributed by atoms with Crippen LogP contribution >= 0.6 is 22.7 Å². The van der Waals surface area contributed by atoms with E-state index in [1.54, 1.807) is 80.5 Å². The minimum atomic E-state index is -1.07. The van der Waals surface area contributed by atoms with Gasteiger partial charge in [-0.05, 0) is 146 Å². The molecule has 2 aliphatic heterocycles. The third-order valence-corrected chi connectivity index (χ3v) is 16.0. The standard InChI is InChI=1S/C33H44N6O5S.C29H36N6O5S/c1-7-37(8-2)31-34-22-26(39(9-3)29(40)27-13-12-20-45-27)28(36-31)35-25(30(41)44-33(4,5)6)21-23-14-16-24(17-15-23)43-32(42)38-18-10-11-19-38;1-4-33(5-2)28-30-19-23(35(6-3)26(36)24-10-9-17-41-24)25(32-28)31-22(27(37)38)18-20-11-13-21(14-12-20)40-29(39)34-15-7-8-16-34/h12-17,20,22,25H,7-11,18-19,21H2,1-6H3,(H,34,35,36);9-14,17,19,22H,4-8,15-16,18H2,1-3H3,(H,37,38)(H,30,31,32)/t25-;22-/m11/s1. The van der Waals surface area contributed by atoms with Crippen LogP contribution in [-0.2, 0) is 27.2 Å². The monoisotopic (exact) mass is 1220 g/mol. The number of nitrogens with one attached hydrogen (secondary N) is 2. The zero-order chi connectivity index (χ0) is 61.9. The van der Waals surface area contributed by atoms with E-state index in [4.69, 9.17) is 19.2 Å². The van der Waals surface area contributed by atoms with Gasteiger partial charge in [-0.15, -0.1) is 22.7 Å². The molecule has 0 bridgehead atoms. The number of aliphatic carboxylic acids is 1. The number of ether oxygens (including phenoxy) is 3. The highest BCUT2D eigenvalue weighted by molar-refractivity contribution is 7.12. The van der Waals surface area contributed by atoms with E-state index in [0.717, 1.165) is 36.8 Å². The van der Waals surface area contributed by atoms with Gasteiger partial charge in [-0.3, -0.25) is 9.59 Å². The molecule has 4 amide bonds. The molecule has 0 spiro atoms. The molecule has 0 saturated carbocycles. The highest BCUT2D eigenvalue weighted by Gasteiger charge is 2.31. The molecule has 2 atom stereocenters. The van der Waals surface area contributed by atoms with Gasteiger partial charge in [-0.1, -0.05) is 36.4 Å². The number of carbonyl (C=O) groups is 6. The molecule has 8 rings (SSSR count). The van der Waals surface area contributed by atoms with E-state index in [1.807, 2.05) is 107 Å². The van der Waals surface area contributed by atoms with Gasteiger partial charge in [0.1, 0.15) is 40.6 Å². The topological polar surface area (TPSA) is 245 Å². The van der Waals surface area contributed by atoms with Crippen LogP contribution in [0.1, 0.15) is 118 Å². The smallest absolute Gasteiger partial charge is 0.415 e. The second-order valence-electron chi connectivity index (χ2n) is 21.3. The Morgan fingerprint density at radius 2 is 0.953 bits per heavy atom. The van der Waals surface area contributed by atoms with Crippen LogP contribution in [0.2, 0.25) is 0 Å². The first-order valence-corrected chi connectivity index (χ1v) is 31.2. The molecule has 6 heterocycles. The van der Waals surface area contributed by atoms with Crippen molar-refractivity contribution in [2.75, 3.05) is 95.7 Å². The quantitative estimate of drug-likeness (QED) is 0.0477. The van der Waals surface area contributed by atoms with E-state index in [1.165, 1.54) is 22.7 Å². The van der Waals surface area contributed by atoms with Crippen molar-refractivity contribution in [1.29, 1.82) is 0 Å². The van der Waals surface area contributed by atoms with Crippen molar-refractivity contribution in [3.63, 3.8) is 0 Å². The van der Waals surface area contributed by atoms with Crippen LogP contribution in [0, 0.1) is 0 Å². The van der Waals surface area contributed by atoms with Gasteiger partial charge in [0.05, 0.1) is 22.1 Å². The number of rotatable bonds is 24. The van der Waals surface area contributed by atoms with Gasteiger partial charge < -0.3 is 59.4 Å². The third-order valence-electron chi connectivity index (χ3n) is 14.3. The largest absolute Gasteiger partial charge is 0.480 e. The summed E-state index contributed by atoms with van der Waals surface area (Å²) < 4.78 is 16.8. The average molecular weight is 1220 g/mol. The fraction of sp³-hybridized carbons (Fsp3) is 0.452. The maximum Gasteiger partial charge on any atom is 0.415 e. The first-order valence-electron chi connectivity index (χ1n) is 29.4. The van der Waals surface area contributed by atoms with Crippen LogP contribution < -0.4 is 39.7 Å². The van der Waals surface area contributed by atoms with E-state index in [0.29, 0.717) is 116 Å². The normalized spacial score (nSPS) is 13.6. The van der Waals surface area contributed by atoms with E-state index in [2.05, 4.69) is 25.6 Å². The number of hydrogen-bond donors (Lipinski definition) is 3. The van der Waals surface area contributed by atoms with Crippen LogP contribution in [0.15, 0.2) is 96.0 Å². The van der Waals surface area contributed by atoms with Crippen molar-refractivity contribution in [2.45, 2.75) is 119 Å². The van der Waals surface area contributed by atoms with Crippen molar-refractivity contribution in [1.82, 2.24) is 29.7 Å². The first kappa shape index (κ1) is 65.2. The van der Waals surface area contributed by atoms with Crippen LogP contribution in [0.4, 0.5) is 44.5 Å². The first-order chi connectivity index (χ1) is 41.4. The van der Waals surface area contributed by atoms with E-state index >= 15 is 0 Å². The lowest BCUT2D eigenvalue weighted by Crippen LogP contribution is -2.39. The number of esters is 1. The molecule has 86 heavy (non-hydrogen) atoms. The molecule has 0 aliphatic carbocycles. The molecule has 2 saturated heterocycles. The lowest BCUT2D eigenvalue weighted by Gasteiger charge is -2.28. The molecule has 22 nitrogen and oxygen atoms in total. The molecule has 0 unspecified atom stereocenters. The van der Waals surface area contributed by atoms with Crippen LogP contribution in [0.25, 0.3) is 0 Å². The Morgan fingerprint density at radius 3 is 1.29 bits per heavy atom. The summed E-state index contributed by atoms with van der Waals surface area (Å²) in [6, 6.07) is 19.2. The fourth-order valence-corrected chi connectivity index (χ4v) is 11.0. The number of amides is 4. The summed E-state index contributed by atoms with van der Waals surface area (Å²) in [5, 5.41) is 20.2. The van der Waals surface area contributed by atoms with E-state index < -0.39 is 29.6 Å². The number of likely N-dealkylation sites (tertiary alicyclic amines) is 2. The zero-order valence-electron chi connectivity index (χ0n) is 50.6. The maximum atomic E-state index is 13.6. The minimum absolute atomic E-state index is 0.130. The van der Waals surface area contributed by atoms with Crippen LogP contribution in [0.3, 0.4) is 0 Å². The number of nitrogens with zero attached hydrogens (tertiary/aromatic N) is 10. The summed E-state index contributed by atoms with van der Waals surface area (Å²) in [6.45, 7) is 23.4. The van der Waals surface area contributed by atoms with Gasteiger partial charge in [0.2, 0.25) is 11.9 Å². The molecule has 3 N–H and O–H groups in total. The van der Waals surface area contributed by atoms with E-state index in [9.17, 15) is 33.9 Å². The summed E-state index contributed by atoms with van der Waals surface area (Å²) in [5.74, 6) is 0.446. The van der Waals surface area contributed by atoms with Gasteiger partial charge in [0.15, 0.2) is 11.6 Å². The third kappa shape index (κ3) is 17.6. The van der Waals surface area contributed by atoms with Gasteiger partial charge in [0.25, 0.3) is 11.8 Å². The molecule has 4 aromatic heterocycles. The second kappa shape index (κ2) is 31.1. The number of benzene rings is 2. The van der Waals surface area contributed by atoms with Crippen molar-refractivity contribution in [2.24, 2.45) is 0 Å². The predicted octanol–water partition coefficient (Wildman–Crippen LogP) is 10.8. The molecule has 0 radical (unpaired) electrons. The Labute approximate surface area is 511 Å². The van der Waals surface area contributed by atoms with Gasteiger partial charge in [-0.25, -0.2) is 29.1 Å². The molecule has 460 valence electrons. The second-order valence-corrected chi connectivity index (χ2v) is 23.2. The number of thiophene rings is 2. The SMILES string of the molecule is CCN(CC)c1ncc(N(CC)C(=O)c2cccs2)c(N[C@H](Cc2ccc(OC(=O)N3CCCC3)cc2)C(=O)O)n1.CCN(CC)c1ncc(N(CC)C(=O)c2cccs2)c(N[C@H](Cc2ccc(OC(=O)N3CCCC3)cc2)C(=O)OC(C)(C)C)n1. The minimum Gasteiger partial charge on any atom is -0.480 e. The molecule has 6 aromatic rings. The molecule has 24 heteroatoms. The van der Waals surface area contributed by atoms with Crippen molar-refractivity contribution in [3.05, 3.63) is 117 Å². The number of carboxylic acid groups (broad SMARTS) is 1. The highest BCUT2D eigenvalue weighted by atomic mass is 32.1. The molecular weight excluding hydrogens is 1140 g/mol. The Balaban J connectivity index is 0.000000247. The van der Waals surface area contributed by atoms with Gasteiger partial charge >= 0.3 is 24.1 Å². The Kier molecular flexibility index (Phi) is 23.6. The Bertz CT molecular complexity index is 3180. The summed E-state index contributed by atoms with van der Waals surface area (Å²) >= 11 is 2.69. The van der Waals surface area contributed by atoms with Crippen molar-refractivity contribution >= 4 is 93.5 Å². The summed E-state index contributed by atoms with van der Waals surface area (Å²) in [7, 11) is 0. The fourth-order valence-electron chi connectivity index (χ4n) is 9.66. The summed E-state index contributed by atoms with van der Waals surface area (Å²) in [4.78, 5) is 108. The Morgan fingerprint density at radius 1 is 0.570 bits per heavy atom. The van der Waals surface area contributed by atoms with Crippen molar-refractivity contribution in [3.8, 4) is 11.5 Å². The number of hydrogen-bond acceptors (Lipinski definition) is 19. The average Bonchev–Trinajstić information content (AvgIpc) is 2.45. The highest BCUT2D eigenvalue weighted by Crippen LogP contribution is 2.32. The number of anilines is 6. The summed E-state index contributed by atoms with van der Waals surface area (Å²) in [6.07, 6.45) is 6.76. The Hall–Kier alpha value is -8.38. The van der Waals surface area contributed by atoms with Gasteiger partial charge in [-0.2, -0.15) is 9.97 Å². The predicted molar refractivity (Wildman–Crippen MR) is 337 cm³/mol. The maximum absolute atomic E-state index is 13.6. The van der Waals surface area contributed by atoms with Crippen LogP contribution in [0.5, 0.6) is 11.5 Å². The zero-order valence-corrected chi connectivity index (χ0v) is 52.2. The lowest BCUT2D eigenvalue weighted by molar-refractivity contribution is -0.155. The number of aromatic nitrogens is 4. The molecular formula is C62H80N12O10S2. The van der Waals surface area contributed by atoms with Gasteiger partial charge in [0, 0.05) is 78.3 Å². The molecule has 2 fully saturated rings. The number of carboxylic acids is 1. The lowest BCUT2D eigenvalue weighted by atomic mass is 10.0. The molecule has 2 aliphatic rings. The van der Waals surface area contributed by atoms with Crippen molar-refractivity contribution < 1.29 is 48.1 Å².